The lowest BCUT2D eigenvalue weighted by Gasteiger charge is -2.01. The summed E-state index contributed by atoms with van der Waals surface area (Å²) in [5.41, 5.74) is -0.907. The van der Waals surface area contributed by atoms with Crippen LogP contribution in [0.3, 0.4) is 0 Å². The Morgan fingerprint density at radius 3 is 2.73 bits per heavy atom. The summed E-state index contributed by atoms with van der Waals surface area (Å²) < 4.78 is 30.7. The van der Waals surface area contributed by atoms with E-state index in [0.717, 1.165) is 25.0 Å². The van der Waals surface area contributed by atoms with Crippen LogP contribution in [0.25, 0.3) is 0 Å². The molecule has 0 aliphatic heterocycles. The number of ether oxygens (including phenoxy) is 1. The molecule has 1 rings (SSSR count). The van der Waals surface area contributed by atoms with E-state index in [1.54, 1.807) is 0 Å². The maximum atomic E-state index is 13.0. The molecule has 0 amide bonds. The number of hydrogen-bond acceptors (Lipinski definition) is 2. The number of halogens is 2. The van der Waals surface area contributed by atoms with Crippen LogP contribution in [0.5, 0.6) is 5.75 Å². The predicted octanol–water partition coefficient (Wildman–Crippen LogP) is 2.50. The monoisotopic (exact) mass is 214 g/mol. The summed E-state index contributed by atoms with van der Waals surface area (Å²) in [5.74, 6) is -2.08. The average molecular weight is 214 g/mol. The van der Waals surface area contributed by atoms with Gasteiger partial charge in [-0.15, -0.1) is 0 Å². The van der Waals surface area contributed by atoms with Gasteiger partial charge >= 0.3 is 0 Å². The Bertz CT molecular complexity index is 391. The van der Waals surface area contributed by atoms with Gasteiger partial charge in [-0.2, -0.15) is 0 Å². The minimum absolute atomic E-state index is 0.148. The van der Waals surface area contributed by atoms with Crippen molar-refractivity contribution in [2.45, 2.75) is 19.8 Å². The van der Waals surface area contributed by atoms with Gasteiger partial charge in [0.05, 0.1) is 6.61 Å². The molecule has 82 valence electrons. The zero-order valence-corrected chi connectivity index (χ0v) is 8.43. The van der Waals surface area contributed by atoms with Gasteiger partial charge in [0.15, 0.2) is 11.6 Å². The predicted molar refractivity (Wildman–Crippen MR) is 53.0 cm³/mol. The van der Waals surface area contributed by atoms with Crippen LogP contribution in [0.4, 0.5) is 8.78 Å². The van der Waals surface area contributed by atoms with Crippen LogP contribution in [-0.2, 0) is 0 Å². The lowest BCUT2D eigenvalue weighted by Crippen LogP contribution is -2.09. The summed E-state index contributed by atoms with van der Waals surface area (Å²) in [6.07, 6.45) is 1.67. The molecule has 2 nitrogen and oxygen atoms in total. The molecule has 0 bridgehead atoms. The third kappa shape index (κ3) is 3.31. The minimum atomic E-state index is -1.14. The first-order valence-electron chi connectivity index (χ1n) is 4.77. The van der Waals surface area contributed by atoms with E-state index in [4.69, 9.17) is 4.74 Å². The molecule has 0 aromatic heterocycles. The van der Waals surface area contributed by atoms with Crippen LogP contribution in [0.2, 0.25) is 0 Å². The minimum Gasteiger partial charge on any atom is -0.489 e. The van der Waals surface area contributed by atoms with Gasteiger partial charge in [0, 0.05) is 6.07 Å². The molecule has 15 heavy (non-hydrogen) atoms. The summed E-state index contributed by atoms with van der Waals surface area (Å²) in [6, 6.07) is 2.71. The van der Waals surface area contributed by atoms with E-state index < -0.39 is 17.1 Å². The zero-order chi connectivity index (χ0) is 11.3. The smallest absolute Gasteiger partial charge is 0.255 e. The maximum absolute atomic E-state index is 13.0. The van der Waals surface area contributed by atoms with Crippen molar-refractivity contribution in [3.63, 3.8) is 0 Å². The second-order valence-electron chi connectivity index (χ2n) is 3.11. The van der Waals surface area contributed by atoms with Crippen molar-refractivity contribution < 1.29 is 13.5 Å². The first-order valence-corrected chi connectivity index (χ1v) is 4.77. The molecule has 0 fully saturated rings. The summed E-state index contributed by atoms with van der Waals surface area (Å²) in [6.45, 7) is 2.30. The van der Waals surface area contributed by atoms with E-state index in [1.165, 1.54) is 0 Å². The Kier molecular flexibility index (Phi) is 4.21. The van der Waals surface area contributed by atoms with E-state index in [9.17, 15) is 13.6 Å². The molecule has 0 heterocycles. The zero-order valence-electron chi connectivity index (χ0n) is 8.43. The van der Waals surface area contributed by atoms with Crippen molar-refractivity contribution in [3.05, 3.63) is 40.1 Å². The van der Waals surface area contributed by atoms with E-state index in [-0.39, 0.29) is 5.75 Å². The quantitative estimate of drug-likeness (QED) is 0.720. The first-order chi connectivity index (χ1) is 7.15. The van der Waals surface area contributed by atoms with Gasteiger partial charge < -0.3 is 4.74 Å². The van der Waals surface area contributed by atoms with Gasteiger partial charge in [0.25, 0.3) is 5.43 Å². The highest BCUT2D eigenvalue weighted by Crippen LogP contribution is 2.06. The molecule has 0 unspecified atom stereocenters. The molecule has 4 heteroatoms. The molecule has 0 radical (unpaired) electrons. The Labute approximate surface area is 86.5 Å². The third-order valence-electron chi connectivity index (χ3n) is 1.85. The standard InChI is InChI=1S/C11H12F2O2/c1-2-3-6-15-10-5-4-8(12)7-9(13)11(10)14/h4-5,7H,2-3,6H2,1H3. The molecular weight excluding hydrogens is 202 g/mol. The van der Waals surface area contributed by atoms with E-state index >= 15 is 0 Å². The van der Waals surface area contributed by atoms with Gasteiger partial charge in [0.1, 0.15) is 5.82 Å². The van der Waals surface area contributed by atoms with Crippen LogP contribution in [-0.4, -0.2) is 6.61 Å². The summed E-state index contributed by atoms with van der Waals surface area (Å²) >= 11 is 0. The van der Waals surface area contributed by atoms with Gasteiger partial charge in [0.2, 0.25) is 0 Å². The van der Waals surface area contributed by atoms with Gasteiger partial charge in [-0.1, -0.05) is 13.3 Å². The van der Waals surface area contributed by atoms with Crippen LogP contribution >= 0.6 is 0 Å². The van der Waals surface area contributed by atoms with Crippen molar-refractivity contribution in [1.82, 2.24) is 0 Å². The Balaban J connectivity index is 2.94. The van der Waals surface area contributed by atoms with E-state index in [2.05, 4.69) is 0 Å². The molecule has 0 aliphatic rings. The van der Waals surface area contributed by atoms with Crippen molar-refractivity contribution in [2.24, 2.45) is 0 Å². The van der Waals surface area contributed by atoms with Gasteiger partial charge in [-0.05, 0) is 18.6 Å². The molecule has 0 saturated carbocycles. The fraction of sp³-hybridized carbons (Fsp3) is 0.364. The summed E-state index contributed by atoms with van der Waals surface area (Å²) in [4.78, 5) is 11.2. The summed E-state index contributed by atoms with van der Waals surface area (Å²) in [7, 11) is 0. The molecule has 0 spiro atoms. The molecule has 0 aliphatic carbocycles. The average Bonchev–Trinajstić information content (AvgIpc) is 2.31. The van der Waals surface area contributed by atoms with Crippen LogP contribution in [0, 0.1) is 11.6 Å². The first kappa shape index (κ1) is 11.6. The Hall–Kier alpha value is -1.45. The number of unbranched alkanes of at least 4 members (excludes halogenated alkanes) is 1. The lowest BCUT2D eigenvalue weighted by molar-refractivity contribution is 0.305. The Morgan fingerprint density at radius 1 is 1.33 bits per heavy atom. The normalized spacial score (nSPS) is 10.1. The third-order valence-corrected chi connectivity index (χ3v) is 1.85. The van der Waals surface area contributed by atoms with Crippen LogP contribution < -0.4 is 10.2 Å². The highest BCUT2D eigenvalue weighted by molar-refractivity contribution is 5.22. The van der Waals surface area contributed by atoms with Crippen molar-refractivity contribution in [1.29, 1.82) is 0 Å². The molecule has 0 atom stereocenters. The SMILES string of the molecule is CCCCOc1ccc(F)cc(F)c1=O. The number of hydrogen-bond donors (Lipinski definition) is 0. The van der Waals surface area contributed by atoms with Crippen molar-refractivity contribution >= 4 is 0 Å². The van der Waals surface area contributed by atoms with Crippen molar-refractivity contribution in [3.8, 4) is 5.75 Å². The summed E-state index contributed by atoms with van der Waals surface area (Å²) in [5, 5.41) is 0. The van der Waals surface area contributed by atoms with E-state index in [1.807, 2.05) is 6.92 Å². The molecule has 0 saturated heterocycles. The maximum Gasteiger partial charge on any atom is 0.255 e. The fourth-order valence-corrected chi connectivity index (χ4v) is 1.02. The van der Waals surface area contributed by atoms with Gasteiger partial charge in [-0.3, -0.25) is 4.79 Å². The highest BCUT2D eigenvalue weighted by atomic mass is 19.1. The van der Waals surface area contributed by atoms with E-state index in [0.29, 0.717) is 12.7 Å². The second-order valence-corrected chi connectivity index (χ2v) is 3.11. The topological polar surface area (TPSA) is 26.3 Å². The van der Waals surface area contributed by atoms with Gasteiger partial charge in [-0.25, -0.2) is 8.78 Å². The lowest BCUT2D eigenvalue weighted by atomic mass is 10.3. The fourth-order valence-electron chi connectivity index (χ4n) is 1.02. The molecular formula is C11H12F2O2. The van der Waals surface area contributed by atoms with Crippen molar-refractivity contribution in [2.75, 3.05) is 6.61 Å². The van der Waals surface area contributed by atoms with Crippen LogP contribution in [0.15, 0.2) is 23.0 Å². The molecule has 0 N–H and O–H groups in total. The Morgan fingerprint density at radius 2 is 2.07 bits per heavy atom. The molecule has 1 aromatic carbocycles. The number of rotatable bonds is 4. The van der Waals surface area contributed by atoms with Crippen LogP contribution in [0.1, 0.15) is 19.8 Å². The molecule has 1 aromatic rings. The second kappa shape index (κ2) is 5.44. The highest BCUT2D eigenvalue weighted by Gasteiger charge is 2.05. The largest absolute Gasteiger partial charge is 0.489 e.